The largest absolute Gasteiger partial charge is 0.416 e. The number of amides is 1. The van der Waals surface area contributed by atoms with Gasteiger partial charge in [0.15, 0.2) is 5.16 Å². The number of benzene rings is 1. The minimum atomic E-state index is -4.47. The number of halogens is 3. The van der Waals surface area contributed by atoms with E-state index in [0.29, 0.717) is 22.2 Å². The van der Waals surface area contributed by atoms with E-state index in [4.69, 9.17) is 0 Å². The summed E-state index contributed by atoms with van der Waals surface area (Å²) in [5.41, 5.74) is 0.389. The van der Waals surface area contributed by atoms with E-state index >= 15 is 0 Å². The molecule has 1 aliphatic rings. The topological polar surface area (TPSA) is 74.8 Å². The van der Waals surface area contributed by atoms with Crippen LogP contribution in [0.25, 0.3) is 0 Å². The number of hydrogen-bond donors (Lipinski definition) is 2. The summed E-state index contributed by atoms with van der Waals surface area (Å²) in [5, 5.41) is 2.73. The quantitative estimate of drug-likeness (QED) is 0.622. The van der Waals surface area contributed by atoms with Crippen molar-refractivity contribution in [3.63, 3.8) is 0 Å². The maximum absolute atomic E-state index is 12.7. The van der Waals surface area contributed by atoms with E-state index in [0.717, 1.165) is 29.6 Å². The zero-order chi connectivity index (χ0) is 18.0. The standard InChI is InChI=1S/C15H12F3N3O2S2/c16-15(17,18)8-2-1-3-9(4-8)19-12(22)7-25-14-20-11-6-24-5-10(11)13(23)21-14/h1-4H,5-7H2,(H,19,22)(H,20,21,23). The Bertz CT molecular complexity index is 868. The molecule has 0 saturated heterocycles. The normalized spacial score (nSPS) is 13.6. The molecule has 0 saturated carbocycles. The first-order valence-electron chi connectivity index (χ1n) is 7.12. The van der Waals surface area contributed by atoms with E-state index < -0.39 is 17.6 Å². The molecule has 5 nitrogen and oxygen atoms in total. The summed E-state index contributed by atoms with van der Waals surface area (Å²) in [6.45, 7) is 0. The molecule has 0 aliphatic carbocycles. The molecule has 0 radical (unpaired) electrons. The lowest BCUT2D eigenvalue weighted by atomic mass is 10.2. The van der Waals surface area contributed by atoms with Crippen molar-refractivity contribution in [2.24, 2.45) is 0 Å². The number of H-pyrrole nitrogens is 1. The Morgan fingerprint density at radius 3 is 2.92 bits per heavy atom. The molecule has 0 fully saturated rings. The first kappa shape index (κ1) is 17.9. The first-order valence-corrected chi connectivity index (χ1v) is 9.26. The molecule has 1 amide bonds. The van der Waals surface area contributed by atoms with E-state index in [1.165, 1.54) is 12.1 Å². The van der Waals surface area contributed by atoms with Crippen molar-refractivity contribution in [3.05, 3.63) is 51.4 Å². The summed E-state index contributed by atoms with van der Waals surface area (Å²) in [5.74, 6) is 0.717. The molecule has 132 valence electrons. The summed E-state index contributed by atoms with van der Waals surface area (Å²) in [6.07, 6.45) is -4.47. The summed E-state index contributed by atoms with van der Waals surface area (Å²) >= 11 is 2.62. The van der Waals surface area contributed by atoms with Crippen molar-refractivity contribution in [2.75, 3.05) is 11.1 Å². The number of hydrogen-bond acceptors (Lipinski definition) is 5. The van der Waals surface area contributed by atoms with Crippen LogP contribution in [0.2, 0.25) is 0 Å². The van der Waals surface area contributed by atoms with Crippen molar-refractivity contribution >= 4 is 35.1 Å². The Balaban J connectivity index is 1.62. The van der Waals surface area contributed by atoms with Crippen molar-refractivity contribution in [3.8, 4) is 0 Å². The number of thioether (sulfide) groups is 2. The maximum atomic E-state index is 12.7. The molecule has 0 bridgehead atoms. The Morgan fingerprint density at radius 2 is 2.16 bits per heavy atom. The summed E-state index contributed by atoms with van der Waals surface area (Å²) < 4.78 is 38.0. The van der Waals surface area contributed by atoms with E-state index in [9.17, 15) is 22.8 Å². The smallest absolute Gasteiger partial charge is 0.325 e. The van der Waals surface area contributed by atoms with Gasteiger partial charge in [-0.1, -0.05) is 17.8 Å². The second-order valence-electron chi connectivity index (χ2n) is 5.20. The van der Waals surface area contributed by atoms with Crippen LogP contribution in [0.5, 0.6) is 0 Å². The molecule has 3 rings (SSSR count). The van der Waals surface area contributed by atoms with Crippen molar-refractivity contribution < 1.29 is 18.0 Å². The fourth-order valence-corrected chi connectivity index (χ4v) is 3.93. The molecular weight excluding hydrogens is 375 g/mol. The minimum Gasteiger partial charge on any atom is -0.325 e. The highest BCUT2D eigenvalue weighted by Gasteiger charge is 2.30. The van der Waals surface area contributed by atoms with Crippen molar-refractivity contribution in [2.45, 2.75) is 22.8 Å². The molecule has 10 heteroatoms. The number of nitrogens with zero attached hydrogens (tertiary/aromatic N) is 1. The molecule has 2 aromatic rings. The molecule has 0 atom stereocenters. The molecule has 1 aromatic heterocycles. The van der Waals surface area contributed by atoms with Crippen LogP contribution >= 0.6 is 23.5 Å². The first-order chi connectivity index (χ1) is 11.8. The van der Waals surface area contributed by atoms with Crippen molar-refractivity contribution in [1.29, 1.82) is 0 Å². The highest BCUT2D eigenvalue weighted by atomic mass is 32.2. The van der Waals surface area contributed by atoms with Gasteiger partial charge in [0, 0.05) is 22.8 Å². The van der Waals surface area contributed by atoms with E-state index in [-0.39, 0.29) is 17.0 Å². The van der Waals surface area contributed by atoms with Gasteiger partial charge in [0.2, 0.25) is 5.91 Å². The van der Waals surface area contributed by atoms with Gasteiger partial charge in [-0.15, -0.1) is 0 Å². The molecule has 25 heavy (non-hydrogen) atoms. The molecule has 2 N–H and O–H groups in total. The minimum absolute atomic E-state index is 0.0623. The van der Waals surface area contributed by atoms with Gasteiger partial charge in [0.25, 0.3) is 5.56 Å². The monoisotopic (exact) mass is 387 g/mol. The second kappa shape index (κ2) is 7.12. The third kappa shape index (κ3) is 4.37. The highest BCUT2D eigenvalue weighted by molar-refractivity contribution is 7.99. The van der Waals surface area contributed by atoms with Crippen LogP contribution in [-0.4, -0.2) is 21.6 Å². The molecular formula is C15H12F3N3O2S2. The maximum Gasteiger partial charge on any atom is 0.416 e. The van der Waals surface area contributed by atoms with E-state index in [1.54, 1.807) is 11.8 Å². The fourth-order valence-electron chi connectivity index (χ4n) is 2.21. The van der Waals surface area contributed by atoms with Crippen LogP contribution in [0.4, 0.5) is 18.9 Å². The van der Waals surface area contributed by atoms with Gasteiger partial charge in [-0.25, -0.2) is 4.98 Å². The van der Waals surface area contributed by atoms with Gasteiger partial charge in [-0.05, 0) is 18.2 Å². The number of rotatable bonds is 4. The fraction of sp³-hybridized carbons (Fsp3) is 0.267. The van der Waals surface area contributed by atoms with Crippen LogP contribution in [0, 0.1) is 0 Å². The summed E-state index contributed by atoms with van der Waals surface area (Å²) in [6, 6.07) is 4.41. The predicted octanol–water partition coefficient (Wildman–Crippen LogP) is 3.27. The number of alkyl halides is 3. The Labute approximate surface area is 148 Å². The predicted molar refractivity (Wildman–Crippen MR) is 90.7 cm³/mol. The number of fused-ring (bicyclic) bond motifs is 1. The molecule has 1 aromatic carbocycles. The Kier molecular flexibility index (Phi) is 5.09. The third-order valence-electron chi connectivity index (χ3n) is 3.38. The number of carbonyl (C=O) groups is 1. The number of nitrogens with one attached hydrogen (secondary N) is 2. The van der Waals surface area contributed by atoms with Crippen LogP contribution in [0.1, 0.15) is 16.8 Å². The molecule has 2 heterocycles. The second-order valence-corrected chi connectivity index (χ2v) is 7.15. The Hall–Kier alpha value is -1.94. The molecule has 0 unspecified atom stereocenters. The summed E-state index contributed by atoms with van der Waals surface area (Å²) in [7, 11) is 0. The van der Waals surface area contributed by atoms with Gasteiger partial charge >= 0.3 is 6.18 Å². The van der Waals surface area contributed by atoms with Gasteiger partial charge < -0.3 is 10.3 Å². The van der Waals surface area contributed by atoms with Crippen LogP contribution < -0.4 is 10.9 Å². The van der Waals surface area contributed by atoms with E-state index in [2.05, 4.69) is 15.3 Å². The number of carbonyl (C=O) groups excluding carboxylic acids is 1. The number of anilines is 1. The lowest BCUT2D eigenvalue weighted by Gasteiger charge is -2.09. The third-order valence-corrected chi connectivity index (χ3v) is 5.22. The zero-order valence-corrected chi connectivity index (χ0v) is 14.3. The van der Waals surface area contributed by atoms with Gasteiger partial charge in [0.1, 0.15) is 0 Å². The lowest BCUT2D eigenvalue weighted by molar-refractivity contribution is -0.137. The highest BCUT2D eigenvalue weighted by Crippen LogP contribution is 2.31. The number of aromatic nitrogens is 2. The van der Waals surface area contributed by atoms with Gasteiger partial charge in [-0.3, -0.25) is 9.59 Å². The van der Waals surface area contributed by atoms with Gasteiger partial charge in [-0.2, -0.15) is 24.9 Å². The summed E-state index contributed by atoms with van der Waals surface area (Å²) in [4.78, 5) is 30.7. The number of aromatic amines is 1. The van der Waals surface area contributed by atoms with Gasteiger partial charge in [0.05, 0.1) is 17.0 Å². The van der Waals surface area contributed by atoms with E-state index in [1.807, 2.05) is 0 Å². The lowest BCUT2D eigenvalue weighted by Crippen LogP contribution is -2.18. The molecule has 0 spiro atoms. The zero-order valence-electron chi connectivity index (χ0n) is 12.6. The van der Waals surface area contributed by atoms with Crippen LogP contribution in [0.15, 0.2) is 34.2 Å². The average Bonchev–Trinajstić information content (AvgIpc) is 3.01. The SMILES string of the molecule is O=C(CSc1nc2c(c(=O)[nH]1)CSC2)Nc1cccc(C(F)(F)F)c1. The molecule has 1 aliphatic heterocycles. The van der Waals surface area contributed by atoms with Crippen molar-refractivity contribution in [1.82, 2.24) is 9.97 Å². The Morgan fingerprint density at radius 1 is 1.36 bits per heavy atom. The average molecular weight is 387 g/mol. The van der Waals surface area contributed by atoms with Crippen LogP contribution in [-0.2, 0) is 22.5 Å². The van der Waals surface area contributed by atoms with Crippen LogP contribution in [0.3, 0.4) is 0 Å².